The van der Waals surface area contributed by atoms with Crippen molar-refractivity contribution in [3.63, 3.8) is 0 Å². The molecule has 2 rings (SSSR count). The molecule has 1 N–H and O–H groups in total. The van der Waals surface area contributed by atoms with Gasteiger partial charge in [0.2, 0.25) is 0 Å². The average Bonchev–Trinajstić information content (AvgIpc) is 2.45. The molecule has 0 aromatic heterocycles. The average molecular weight is 322 g/mol. The van der Waals surface area contributed by atoms with E-state index in [0.29, 0.717) is 32.2 Å². The van der Waals surface area contributed by atoms with E-state index < -0.39 is 17.6 Å². The van der Waals surface area contributed by atoms with Crippen LogP contribution in [0.4, 0.5) is 22.4 Å². The zero-order chi connectivity index (χ0) is 15.5. The van der Waals surface area contributed by atoms with Crippen LogP contribution in [0.15, 0.2) is 18.2 Å². The van der Waals surface area contributed by atoms with Gasteiger partial charge in [-0.1, -0.05) is 17.8 Å². The van der Waals surface area contributed by atoms with Crippen molar-refractivity contribution in [2.45, 2.75) is 11.9 Å². The van der Waals surface area contributed by atoms with Crippen LogP contribution in [0.1, 0.15) is 11.1 Å². The van der Waals surface area contributed by atoms with Crippen molar-refractivity contribution in [3.05, 3.63) is 35.1 Å². The second kappa shape index (κ2) is 6.65. The molecule has 1 aromatic carbocycles. The van der Waals surface area contributed by atoms with Gasteiger partial charge in [0.1, 0.15) is 5.82 Å². The van der Waals surface area contributed by atoms with Crippen LogP contribution in [-0.2, 0) is 11.9 Å². The lowest BCUT2D eigenvalue weighted by Crippen LogP contribution is -2.45. The van der Waals surface area contributed by atoms with Crippen LogP contribution in [0.2, 0.25) is 0 Å². The molecule has 0 spiro atoms. The van der Waals surface area contributed by atoms with E-state index in [-0.39, 0.29) is 16.6 Å². The lowest BCUT2D eigenvalue weighted by Gasteiger charge is -2.26. The number of carbonyl (C=O) groups excluding carboxylic acids is 1. The number of thioether (sulfide) groups is 1. The largest absolute Gasteiger partial charge is 0.416 e. The molecule has 21 heavy (non-hydrogen) atoms. The first-order chi connectivity index (χ1) is 9.88. The van der Waals surface area contributed by atoms with Crippen molar-refractivity contribution < 1.29 is 22.4 Å². The Bertz CT molecular complexity index is 515. The Morgan fingerprint density at radius 3 is 2.52 bits per heavy atom. The van der Waals surface area contributed by atoms with E-state index in [1.165, 1.54) is 0 Å². The Balaban J connectivity index is 1.95. The summed E-state index contributed by atoms with van der Waals surface area (Å²) >= 11 is 0.902. The summed E-state index contributed by atoms with van der Waals surface area (Å²) in [7, 11) is 0. The maximum Gasteiger partial charge on any atom is 0.416 e. The van der Waals surface area contributed by atoms with Crippen molar-refractivity contribution >= 4 is 17.0 Å². The van der Waals surface area contributed by atoms with E-state index in [0.717, 1.165) is 23.9 Å². The van der Waals surface area contributed by atoms with Crippen LogP contribution in [0.25, 0.3) is 0 Å². The second-order valence-electron chi connectivity index (χ2n) is 4.60. The molecule has 1 heterocycles. The number of nitrogens with one attached hydrogen (secondary N) is 1. The third kappa shape index (κ3) is 4.34. The normalized spacial score (nSPS) is 16.1. The summed E-state index contributed by atoms with van der Waals surface area (Å²) in [5, 5.41) is 2.92. The fraction of sp³-hybridized carbons (Fsp3) is 0.462. The highest BCUT2D eigenvalue weighted by Crippen LogP contribution is 2.31. The number of alkyl halides is 3. The summed E-state index contributed by atoms with van der Waals surface area (Å²) in [5.41, 5.74) is -0.932. The van der Waals surface area contributed by atoms with Gasteiger partial charge in [-0.05, 0) is 17.7 Å². The molecule has 1 aliphatic rings. The molecular formula is C13H14F4N2OS. The smallest absolute Gasteiger partial charge is 0.331 e. The summed E-state index contributed by atoms with van der Waals surface area (Å²) in [4.78, 5) is 13.5. The Kier molecular flexibility index (Phi) is 5.10. The summed E-state index contributed by atoms with van der Waals surface area (Å²) in [6, 6.07) is 2.37. The van der Waals surface area contributed by atoms with Gasteiger partial charge >= 0.3 is 6.18 Å². The quantitative estimate of drug-likeness (QED) is 0.849. The number of rotatable bonds is 2. The van der Waals surface area contributed by atoms with Crippen LogP contribution in [0.3, 0.4) is 0 Å². The monoisotopic (exact) mass is 322 g/mol. The van der Waals surface area contributed by atoms with Crippen LogP contribution in [0, 0.1) is 5.82 Å². The van der Waals surface area contributed by atoms with E-state index >= 15 is 0 Å². The SMILES string of the molecule is O=C(SCc1ccc(C(F)(F)F)cc1F)N1CCNCC1. The number of nitrogens with zero attached hydrogens (tertiary/aromatic N) is 1. The van der Waals surface area contributed by atoms with Gasteiger partial charge in [0.25, 0.3) is 5.24 Å². The predicted octanol–water partition coefficient (Wildman–Crippen LogP) is 3.10. The van der Waals surface area contributed by atoms with Gasteiger partial charge in [-0.2, -0.15) is 13.2 Å². The zero-order valence-corrected chi connectivity index (χ0v) is 11.9. The number of benzene rings is 1. The minimum atomic E-state index is -4.57. The highest BCUT2D eigenvalue weighted by molar-refractivity contribution is 8.12. The van der Waals surface area contributed by atoms with Gasteiger partial charge in [0.15, 0.2) is 0 Å². The van der Waals surface area contributed by atoms with Crippen LogP contribution < -0.4 is 5.32 Å². The van der Waals surface area contributed by atoms with E-state index in [9.17, 15) is 22.4 Å². The number of piperazine rings is 1. The number of halogens is 4. The fourth-order valence-electron chi connectivity index (χ4n) is 1.92. The standard InChI is InChI=1S/C13H14F4N2OS/c14-11-7-10(13(15,16)17)2-1-9(11)8-21-12(20)19-5-3-18-4-6-19/h1-2,7,18H,3-6,8H2. The third-order valence-corrected chi connectivity index (χ3v) is 4.07. The molecule has 1 amide bonds. The maximum atomic E-state index is 13.6. The molecule has 0 unspecified atom stereocenters. The molecule has 0 atom stereocenters. The molecule has 1 aromatic rings. The van der Waals surface area contributed by atoms with Crippen LogP contribution in [0.5, 0.6) is 0 Å². The van der Waals surface area contributed by atoms with Crippen molar-refractivity contribution in [2.24, 2.45) is 0 Å². The molecule has 0 saturated carbocycles. The molecular weight excluding hydrogens is 308 g/mol. The highest BCUT2D eigenvalue weighted by atomic mass is 32.2. The van der Waals surface area contributed by atoms with E-state index in [4.69, 9.17) is 0 Å². The number of carbonyl (C=O) groups is 1. The van der Waals surface area contributed by atoms with Gasteiger partial charge in [0.05, 0.1) is 5.56 Å². The Morgan fingerprint density at radius 2 is 1.95 bits per heavy atom. The minimum absolute atomic E-state index is 0.0206. The van der Waals surface area contributed by atoms with Crippen molar-refractivity contribution in [1.29, 1.82) is 0 Å². The number of amides is 1. The summed E-state index contributed by atoms with van der Waals surface area (Å²) < 4.78 is 50.9. The van der Waals surface area contributed by atoms with Gasteiger partial charge in [-0.3, -0.25) is 4.79 Å². The van der Waals surface area contributed by atoms with E-state index in [1.54, 1.807) is 4.90 Å². The Hall–Kier alpha value is -1.28. The van der Waals surface area contributed by atoms with Crippen molar-refractivity contribution in [3.8, 4) is 0 Å². The first kappa shape index (κ1) is 16.1. The van der Waals surface area contributed by atoms with Crippen molar-refractivity contribution in [2.75, 3.05) is 26.2 Å². The third-order valence-electron chi connectivity index (χ3n) is 3.11. The molecule has 0 bridgehead atoms. The molecule has 116 valence electrons. The molecule has 8 heteroatoms. The fourth-order valence-corrected chi connectivity index (χ4v) is 2.80. The predicted molar refractivity (Wildman–Crippen MR) is 72.5 cm³/mol. The maximum absolute atomic E-state index is 13.6. The molecule has 1 saturated heterocycles. The number of hydrogen-bond acceptors (Lipinski definition) is 3. The zero-order valence-electron chi connectivity index (χ0n) is 11.0. The van der Waals surface area contributed by atoms with Gasteiger partial charge in [0, 0.05) is 31.9 Å². The van der Waals surface area contributed by atoms with E-state index in [1.807, 2.05) is 0 Å². The summed E-state index contributed by atoms with van der Waals surface area (Å²) in [5.74, 6) is -0.919. The van der Waals surface area contributed by atoms with Gasteiger partial charge in [-0.25, -0.2) is 4.39 Å². The van der Waals surface area contributed by atoms with Crippen LogP contribution in [-0.4, -0.2) is 36.3 Å². The molecule has 0 aliphatic carbocycles. The number of hydrogen-bond donors (Lipinski definition) is 1. The molecule has 3 nitrogen and oxygen atoms in total. The highest BCUT2D eigenvalue weighted by Gasteiger charge is 2.31. The van der Waals surface area contributed by atoms with Crippen molar-refractivity contribution in [1.82, 2.24) is 10.2 Å². The topological polar surface area (TPSA) is 32.3 Å². The lowest BCUT2D eigenvalue weighted by molar-refractivity contribution is -0.137. The molecule has 1 fully saturated rings. The van der Waals surface area contributed by atoms with Gasteiger partial charge in [-0.15, -0.1) is 0 Å². The first-order valence-electron chi connectivity index (χ1n) is 6.36. The Morgan fingerprint density at radius 1 is 1.29 bits per heavy atom. The van der Waals surface area contributed by atoms with E-state index in [2.05, 4.69) is 5.32 Å². The molecule has 0 radical (unpaired) electrons. The minimum Gasteiger partial charge on any atom is -0.331 e. The van der Waals surface area contributed by atoms with Crippen LogP contribution >= 0.6 is 11.8 Å². The first-order valence-corrected chi connectivity index (χ1v) is 7.34. The Labute approximate surface area is 123 Å². The summed E-state index contributed by atoms with van der Waals surface area (Å²) in [6.07, 6.45) is -4.57. The molecule has 1 aliphatic heterocycles. The lowest BCUT2D eigenvalue weighted by atomic mass is 10.1. The summed E-state index contributed by atoms with van der Waals surface area (Å²) in [6.45, 7) is 2.59. The van der Waals surface area contributed by atoms with Gasteiger partial charge < -0.3 is 10.2 Å². The second-order valence-corrected chi connectivity index (χ2v) is 5.52.